The van der Waals surface area contributed by atoms with Crippen molar-refractivity contribution >= 4 is 22.7 Å². The number of rotatable bonds is 3. The van der Waals surface area contributed by atoms with Crippen LogP contribution in [0.4, 0.5) is 5.82 Å². The number of nitriles is 1. The first-order chi connectivity index (χ1) is 11.1. The predicted octanol–water partition coefficient (Wildman–Crippen LogP) is 1.57. The second-order valence-electron chi connectivity index (χ2n) is 5.80. The lowest BCUT2D eigenvalue weighted by Crippen LogP contribution is -2.37. The minimum Gasteiger partial charge on any atom is -0.443 e. The minimum atomic E-state index is -0.333. The van der Waals surface area contributed by atoms with Crippen LogP contribution in [0.3, 0.4) is 0 Å². The van der Waals surface area contributed by atoms with Crippen LogP contribution in [-0.2, 0) is 0 Å². The van der Waals surface area contributed by atoms with E-state index >= 15 is 0 Å². The minimum absolute atomic E-state index is 0.170. The molecule has 7 nitrogen and oxygen atoms in total. The van der Waals surface area contributed by atoms with Gasteiger partial charge in [0.1, 0.15) is 11.9 Å². The molecule has 2 aromatic heterocycles. The second kappa shape index (κ2) is 6.26. The van der Waals surface area contributed by atoms with Crippen LogP contribution in [0, 0.1) is 11.3 Å². The van der Waals surface area contributed by atoms with Gasteiger partial charge >= 0.3 is 0 Å². The summed E-state index contributed by atoms with van der Waals surface area (Å²) < 4.78 is 5.41. The van der Waals surface area contributed by atoms with Crippen LogP contribution in [0.2, 0.25) is 0 Å². The average molecular weight is 313 g/mol. The van der Waals surface area contributed by atoms with Gasteiger partial charge in [-0.15, -0.1) is 0 Å². The third kappa shape index (κ3) is 3.12. The van der Waals surface area contributed by atoms with Crippen LogP contribution < -0.4 is 10.6 Å². The molecule has 7 heteroatoms. The quantitative estimate of drug-likeness (QED) is 0.893. The Morgan fingerprint density at radius 2 is 2.17 bits per heavy atom. The predicted molar refractivity (Wildman–Crippen MR) is 86.3 cm³/mol. The molecular formula is C16H19N5O2. The molecule has 2 aromatic rings. The zero-order valence-electron chi connectivity index (χ0n) is 13.2. The molecule has 23 heavy (non-hydrogen) atoms. The van der Waals surface area contributed by atoms with E-state index in [1.165, 1.54) is 0 Å². The van der Waals surface area contributed by atoms with Crippen LogP contribution in [0.5, 0.6) is 0 Å². The van der Waals surface area contributed by atoms with Gasteiger partial charge in [0.25, 0.3) is 5.91 Å². The van der Waals surface area contributed by atoms with Crippen molar-refractivity contribution in [2.24, 2.45) is 0 Å². The van der Waals surface area contributed by atoms with Crippen LogP contribution in [0.25, 0.3) is 11.0 Å². The number of piperidine rings is 1. The maximum atomic E-state index is 12.1. The third-order valence-electron chi connectivity index (χ3n) is 4.12. The van der Waals surface area contributed by atoms with E-state index in [1.807, 2.05) is 12.1 Å². The van der Waals surface area contributed by atoms with Crippen molar-refractivity contribution < 1.29 is 9.21 Å². The highest BCUT2D eigenvalue weighted by atomic mass is 16.3. The Bertz CT molecular complexity index is 769. The number of aromatic nitrogens is 1. The van der Waals surface area contributed by atoms with Gasteiger partial charge in [-0.25, -0.2) is 4.98 Å². The van der Waals surface area contributed by atoms with E-state index in [0.29, 0.717) is 22.8 Å². The number of likely N-dealkylation sites (tertiary alicyclic amines) is 1. The summed E-state index contributed by atoms with van der Waals surface area (Å²) in [7, 11) is 3.65. The van der Waals surface area contributed by atoms with Gasteiger partial charge in [0.05, 0.1) is 0 Å². The monoisotopic (exact) mass is 313 g/mol. The first-order valence-corrected chi connectivity index (χ1v) is 7.62. The van der Waals surface area contributed by atoms with E-state index in [9.17, 15) is 4.79 Å². The Morgan fingerprint density at radius 3 is 2.83 bits per heavy atom. The zero-order chi connectivity index (χ0) is 16.4. The number of furan rings is 1. The van der Waals surface area contributed by atoms with Gasteiger partial charge in [0.15, 0.2) is 11.3 Å². The molecule has 1 fully saturated rings. The van der Waals surface area contributed by atoms with Crippen molar-refractivity contribution in [1.29, 1.82) is 5.26 Å². The highest BCUT2D eigenvalue weighted by Gasteiger charge is 2.20. The Hall–Kier alpha value is -2.59. The molecule has 1 aliphatic rings. The van der Waals surface area contributed by atoms with E-state index in [2.05, 4.69) is 27.6 Å². The van der Waals surface area contributed by atoms with Crippen molar-refractivity contribution in [3.63, 3.8) is 0 Å². The van der Waals surface area contributed by atoms with Gasteiger partial charge in [-0.1, -0.05) is 0 Å². The maximum Gasteiger partial charge on any atom is 0.273 e. The number of nitrogens with one attached hydrogen (secondary N) is 2. The summed E-state index contributed by atoms with van der Waals surface area (Å²) in [4.78, 5) is 18.7. The number of anilines is 1. The largest absolute Gasteiger partial charge is 0.443 e. The van der Waals surface area contributed by atoms with E-state index < -0.39 is 0 Å². The van der Waals surface area contributed by atoms with Crippen molar-refractivity contribution in [2.45, 2.75) is 18.9 Å². The first kappa shape index (κ1) is 15.3. The fourth-order valence-electron chi connectivity index (χ4n) is 2.81. The number of carbonyl (C=O) groups excluding carboxylic acids is 1. The summed E-state index contributed by atoms with van der Waals surface area (Å²) in [6.45, 7) is 2.07. The molecule has 1 saturated heterocycles. The van der Waals surface area contributed by atoms with Crippen LogP contribution in [0.1, 0.15) is 29.1 Å². The molecule has 1 amide bonds. The van der Waals surface area contributed by atoms with Gasteiger partial charge < -0.3 is 20.0 Å². The zero-order valence-corrected chi connectivity index (χ0v) is 13.2. The number of hydrogen-bond acceptors (Lipinski definition) is 6. The molecule has 0 spiro atoms. The van der Waals surface area contributed by atoms with E-state index in [0.717, 1.165) is 25.9 Å². The number of amides is 1. The summed E-state index contributed by atoms with van der Waals surface area (Å²) in [5.74, 6) is 0.472. The smallest absolute Gasteiger partial charge is 0.273 e. The molecule has 0 aromatic carbocycles. The number of nitrogens with zero attached hydrogens (tertiary/aromatic N) is 3. The first-order valence-electron chi connectivity index (χ1n) is 7.62. The summed E-state index contributed by atoms with van der Waals surface area (Å²) in [5.41, 5.74) is 0.539. The molecule has 0 radical (unpaired) electrons. The molecule has 3 heterocycles. The molecular weight excluding hydrogens is 294 g/mol. The number of fused-ring (bicyclic) bond motifs is 1. The van der Waals surface area contributed by atoms with E-state index in [1.54, 1.807) is 13.1 Å². The molecule has 3 rings (SSSR count). The number of carbonyl (C=O) groups is 1. The SMILES string of the molecule is CNC(=O)c1nc(NC2CCN(C)CC2)cc2cc(C#N)oc12. The third-order valence-corrected chi connectivity index (χ3v) is 4.12. The molecule has 0 unspecified atom stereocenters. The Labute approximate surface area is 134 Å². The lowest BCUT2D eigenvalue weighted by Gasteiger charge is -2.29. The van der Waals surface area contributed by atoms with Gasteiger partial charge in [0, 0.05) is 24.5 Å². The topological polar surface area (TPSA) is 94.2 Å². The van der Waals surface area contributed by atoms with E-state index in [-0.39, 0.29) is 17.4 Å². The summed E-state index contributed by atoms with van der Waals surface area (Å²) in [5, 5.41) is 15.7. The summed E-state index contributed by atoms with van der Waals surface area (Å²) >= 11 is 0. The molecule has 2 N–H and O–H groups in total. The highest BCUT2D eigenvalue weighted by Crippen LogP contribution is 2.26. The van der Waals surface area contributed by atoms with Crippen molar-refractivity contribution in [3.05, 3.63) is 23.6 Å². The Morgan fingerprint density at radius 1 is 1.43 bits per heavy atom. The van der Waals surface area contributed by atoms with Crippen molar-refractivity contribution in [2.75, 3.05) is 32.5 Å². The maximum absolute atomic E-state index is 12.1. The van der Waals surface area contributed by atoms with Crippen LogP contribution in [0.15, 0.2) is 16.5 Å². The molecule has 1 aliphatic heterocycles. The van der Waals surface area contributed by atoms with Crippen molar-refractivity contribution in [3.8, 4) is 6.07 Å². The number of hydrogen-bond donors (Lipinski definition) is 2. The molecule has 0 saturated carbocycles. The lowest BCUT2D eigenvalue weighted by molar-refractivity contribution is 0.0959. The lowest BCUT2D eigenvalue weighted by atomic mass is 10.1. The molecule has 0 atom stereocenters. The van der Waals surface area contributed by atoms with E-state index in [4.69, 9.17) is 9.68 Å². The average Bonchev–Trinajstić information content (AvgIpc) is 2.98. The fourth-order valence-corrected chi connectivity index (χ4v) is 2.81. The molecule has 0 bridgehead atoms. The van der Waals surface area contributed by atoms with Crippen LogP contribution in [-0.4, -0.2) is 49.0 Å². The normalized spacial score (nSPS) is 16.2. The van der Waals surface area contributed by atoms with Crippen molar-refractivity contribution in [1.82, 2.24) is 15.2 Å². The van der Waals surface area contributed by atoms with Gasteiger partial charge in [-0.2, -0.15) is 5.26 Å². The van der Waals surface area contributed by atoms with Gasteiger partial charge in [0.2, 0.25) is 5.76 Å². The van der Waals surface area contributed by atoms with Gasteiger partial charge in [-0.05, 0) is 39.0 Å². The fraction of sp³-hybridized carbons (Fsp3) is 0.438. The molecule has 0 aliphatic carbocycles. The molecule has 120 valence electrons. The van der Waals surface area contributed by atoms with Crippen LogP contribution >= 0.6 is 0 Å². The van der Waals surface area contributed by atoms with Gasteiger partial charge in [-0.3, -0.25) is 4.79 Å². The summed E-state index contributed by atoms with van der Waals surface area (Å²) in [6, 6.07) is 5.74. The number of pyridine rings is 1. The summed E-state index contributed by atoms with van der Waals surface area (Å²) in [6.07, 6.45) is 2.06. The second-order valence-corrected chi connectivity index (χ2v) is 5.80. The highest BCUT2D eigenvalue weighted by molar-refractivity contribution is 6.04. The standard InChI is InChI=1S/C16H19N5O2/c1-18-16(22)14-15-10(7-12(9-17)23-15)8-13(20-14)19-11-3-5-21(2)6-4-11/h7-8,11H,3-6H2,1-2H3,(H,18,22)(H,19,20). The Balaban J connectivity index is 1.94. The Kier molecular flexibility index (Phi) is 4.17.